The maximum Gasteiger partial charge on any atom is 0.0584 e. The van der Waals surface area contributed by atoms with Crippen LogP contribution in [-0.2, 0) is 0 Å². The zero-order valence-electron chi connectivity index (χ0n) is 13.2. The minimum Gasteiger partial charge on any atom is -0.395 e. The molecule has 0 aliphatic carbocycles. The van der Waals surface area contributed by atoms with Crippen molar-refractivity contribution < 1.29 is 5.11 Å². The van der Waals surface area contributed by atoms with E-state index >= 15 is 0 Å². The van der Waals surface area contributed by atoms with Crippen LogP contribution in [0.1, 0.15) is 55.5 Å². The third kappa shape index (κ3) is 4.63. The van der Waals surface area contributed by atoms with Crippen LogP contribution < -0.4 is 5.32 Å². The molecule has 0 heterocycles. The Bertz CT molecular complexity index is 389. The number of benzene rings is 1. The molecular formula is C17H29NO. The SMILES string of the molecule is Cc1cc(C)c(C(C)NC(CO)CC(C)C)c(C)c1. The number of hydrogen-bond donors (Lipinski definition) is 2. The Hall–Kier alpha value is -0.860. The maximum atomic E-state index is 9.49. The van der Waals surface area contributed by atoms with E-state index in [1.165, 1.54) is 22.3 Å². The topological polar surface area (TPSA) is 32.3 Å². The number of aryl methyl sites for hydroxylation is 3. The van der Waals surface area contributed by atoms with Crippen LogP contribution in [-0.4, -0.2) is 17.8 Å². The van der Waals surface area contributed by atoms with Gasteiger partial charge in [0, 0.05) is 12.1 Å². The van der Waals surface area contributed by atoms with Crippen LogP contribution in [0.3, 0.4) is 0 Å². The van der Waals surface area contributed by atoms with Crippen molar-refractivity contribution in [3.63, 3.8) is 0 Å². The molecule has 1 aromatic rings. The lowest BCUT2D eigenvalue weighted by Crippen LogP contribution is -2.36. The van der Waals surface area contributed by atoms with Crippen molar-refractivity contribution in [3.8, 4) is 0 Å². The first kappa shape index (κ1) is 16.2. The van der Waals surface area contributed by atoms with E-state index in [1.807, 2.05) is 0 Å². The molecule has 2 nitrogen and oxygen atoms in total. The maximum absolute atomic E-state index is 9.49. The first-order chi connectivity index (χ1) is 8.85. The smallest absolute Gasteiger partial charge is 0.0584 e. The average molecular weight is 263 g/mol. The zero-order chi connectivity index (χ0) is 14.6. The summed E-state index contributed by atoms with van der Waals surface area (Å²) in [5.41, 5.74) is 5.34. The van der Waals surface area contributed by atoms with Crippen molar-refractivity contribution in [1.29, 1.82) is 0 Å². The second-order valence-corrected chi connectivity index (χ2v) is 6.21. The standard InChI is InChI=1S/C17H29NO/c1-11(2)7-16(10-19)18-15(6)17-13(4)8-12(3)9-14(17)5/h8-9,11,15-16,18-19H,7,10H2,1-6H3. The van der Waals surface area contributed by atoms with Gasteiger partial charge in [0.05, 0.1) is 6.61 Å². The lowest BCUT2D eigenvalue weighted by molar-refractivity contribution is 0.215. The first-order valence-electron chi connectivity index (χ1n) is 7.29. The van der Waals surface area contributed by atoms with Gasteiger partial charge in [-0.1, -0.05) is 31.5 Å². The monoisotopic (exact) mass is 263 g/mol. The summed E-state index contributed by atoms with van der Waals surface area (Å²) in [4.78, 5) is 0. The van der Waals surface area contributed by atoms with Gasteiger partial charge in [-0.15, -0.1) is 0 Å². The van der Waals surface area contributed by atoms with Crippen LogP contribution in [0.2, 0.25) is 0 Å². The van der Waals surface area contributed by atoms with Crippen LogP contribution in [0.15, 0.2) is 12.1 Å². The Morgan fingerprint density at radius 1 is 1.05 bits per heavy atom. The van der Waals surface area contributed by atoms with Gasteiger partial charge in [0.2, 0.25) is 0 Å². The second-order valence-electron chi connectivity index (χ2n) is 6.21. The minimum atomic E-state index is 0.176. The molecule has 0 aromatic heterocycles. The van der Waals surface area contributed by atoms with Gasteiger partial charge in [0.15, 0.2) is 0 Å². The van der Waals surface area contributed by atoms with E-state index in [2.05, 4.69) is 59.0 Å². The highest BCUT2D eigenvalue weighted by molar-refractivity contribution is 5.39. The highest BCUT2D eigenvalue weighted by Gasteiger charge is 2.17. The molecule has 0 saturated heterocycles. The lowest BCUT2D eigenvalue weighted by Gasteiger charge is -2.26. The summed E-state index contributed by atoms with van der Waals surface area (Å²) in [6.45, 7) is 13.2. The molecule has 0 fully saturated rings. The van der Waals surface area contributed by atoms with Crippen LogP contribution in [0.25, 0.3) is 0 Å². The van der Waals surface area contributed by atoms with Crippen LogP contribution in [0, 0.1) is 26.7 Å². The fourth-order valence-corrected chi connectivity index (χ4v) is 3.08. The molecule has 1 rings (SSSR count). The quantitative estimate of drug-likeness (QED) is 0.821. The predicted octanol–water partition coefficient (Wildman–Crippen LogP) is 3.67. The normalized spacial score (nSPS) is 14.7. The van der Waals surface area contributed by atoms with Crippen molar-refractivity contribution in [1.82, 2.24) is 5.32 Å². The molecule has 2 atom stereocenters. The van der Waals surface area contributed by atoms with Crippen LogP contribution in [0.5, 0.6) is 0 Å². The summed E-state index contributed by atoms with van der Waals surface area (Å²) in [5.74, 6) is 0.595. The number of aliphatic hydroxyl groups excluding tert-OH is 1. The number of aliphatic hydroxyl groups is 1. The molecule has 108 valence electrons. The molecule has 1 aromatic carbocycles. The van der Waals surface area contributed by atoms with Gasteiger partial charge >= 0.3 is 0 Å². The molecule has 0 radical (unpaired) electrons. The molecule has 0 spiro atoms. The van der Waals surface area contributed by atoms with Gasteiger partial charge < -0.3 is 10.4 Å². The Labute approximate surface area is 118 Å². The highest BCUT2D eigenvalue weighted by atomic mass is 16.3. The van der Waals surface area contributed by atoms with Gasteiger partial charge in [-0.25, -0.2) is 0 Å². The molecular weight excluding hydrogens is 234 g/mol. The summed E-state index contributed by atoms with van der Waals surface area (Å²) in [6, 6.07) is 4.92. The largest absolute Gasteiger partial charge is 0.395 e. The number of hydrogen-bond acceptors (Lipinski definition) is 2. The van der Waals surface area contributed by atoms with Crippen LogP contribution >= 0.6 is 0 Å². The summed E-state index contributed by atoms with van der Waals surface area (Å²) < 4.78 is 0. The molecule has 2 N–H and O–H groups in total. The second kappa shape index (κ2) is 7.06. The van der Waals surface area contributed by atoms with Crippen molar-refractivity contribution in [3.05, 3.63) is 34.4 Å². The van der Waals surface area contributed by atoms with E-state index in [4.69, 9.17) is 0 Å². The summed E-state index contributed by atoms with van der Waals surface area (Å²) in [5, 5.41) is 13.1. The molecule has 19 heavy (non-hydrogen) atoms. The Balaban J connectivity index is 2.85. The fraction of sp³-hybridized carbons (Fsp3) is 0.647. The van der Waals surface area contributed by atoms with Crippen molar-refractivity contribution in [2.75, 3.05) is 6.61 Å². The Morgan fingerprint density at radius 2 is 1.58 bits per heavy atom. The molecule has 0 aliphatic rings. The summed E-state index contributed by atoms with van der Waals surface area (Å²) in [6.07, 6.45) is 1.00. The number of rotatable bonds is 6. The average Bonchev–Trinajstić information content (AvgIpc) is 2.25. The molecule has 2 heteroatoms. The molecule has 0 saturated carbocycles. The first-order valence-corrected chi connectivity index (χ1v) is 7.29. The third-order valence-corrected chi connectivity index (χ3v) is 3.63. The highest BCUT2D eigenvalue weighted by Crippen LogP contribution is 2.24. The van der Waals surface area contributed by atoms with Gasteiger partial charge in [-0.3, -0.25) is 0 Å². The molecule has 2 unspecified atom stereocenters. The molecule has 0 aliphatic heterocycles. The van der Waals surface area contributed by atoms with E-state index in [-0.39, 0.29) is 18.7 Å². The lowest BCUT2D eigenvalue weighted by atomic mass is 9.93. The van der Waals surface area contributed by atoms with E-state index in [0.717, 1.165) is 6.42 Å². The van der Waals surface area contributed by atoms with E-state index in [9.17, 15) is 5.11 Å². The molecule has 0 bridgehead atoms. The minimum absolute atomic E-state index is 0.176. The van der Waals surface area contributed by atoms with E-state index in [1.54, 1.807) is 0 Å². The summed E-state index contributed by atoms with van der Waals surface area (Å²) >= 11 is 0. The van der Waals surface area contributed by atoms with Crippen LogP contribution in [0.4, 0.5) is 0 Å². The van der Waals surface area contributed by atoms with Gasteiger partial charge in [-0.05, 0) is 56.7 Å². The van der Waals surface area contributed by atoms with Gasteiger partial charge in [-0.2, -0.15) is 0 Å². The van der Waals surface area contributed by atoms with Crippen molar-refractivity contribution in [2.45, 2.75) is 60.0 Å². The number of nitrogens with one attached hydrogen (secondary N) is 1. The van der Waals surface area contributed by atoms with Crippen molar-refractivity contribution in [2.24, 2.45) is 5.92 Å². The van der Waals surface area contributed by atoms with Gasteiger partial charge in [0.1, 0.15) is 0 Å². The predicted molar refractivity (Wildman–Crippen MR) is 82.5 cm³/mol. The van der Waals surface area contributed by atoms with Gasteiger partial charge in [0.25, 0.3) is 0 Å². The summed E-state index contributed by atoms with van der Waals surface area (Å²) in [7, 11) is 0. The fourth-order valence-electron chi connectivity index (χ4n) is 3.08. The Kier molecular flexibility index (Phi) is 6.02. The third-order valence-electron chi connectivity index (χ3n) is 3.63. The van der Waals surface area contributed by atoms with Crippen molar-refractivity contribution >= 4 is 0 Å². The Morgan fingerprint density at radius 3 is 2.00 bits per heavy atom. The van der Waals surface area contributed by atoms with E-state index < -0.39 is 0 Å². The zero-order valence-corrected chi connectivity index (χ0v) is 13.2. The molecule has 0 amide bonds. The van der Waals surface area contributed by atoms with E-state index in [0.29, 0.717) is 5.92 Å².